The molecule has 5 heteroatoms. The highest BCUT2D eigenvalue weighted by molar-refractivity contribution is 6.30. The van der Waals surface area contributed by atoms with Crippen molar-refractivity contribution in [2.24, 2.45) is 5.73 Å². The van der Waals surface area contributed by atoms with E-state index in [9.17, 15) is 0 Å². The van der Waals surface area contributed by atoms with Gasteiger partial charge in [-0.25, -0.2) is 4.68 Å². The Labute approximate surface area is 125 Å². The number of benzene rings is 1. The molecule has 0 spiro atoms. The Morgan fingerprint density at radius 2 is 1.95 bits per heavy atom. The number of rotatable bonds is 2. The topological polar surface area (TPSA) is 43.8 Å². The molecule has 2 aromatic rings. The summed E-state index contributed by atoms with van der Waals surface area (Å²) in [6.45, 7) is 6.86. The second-order valence-corrected chi connectivity index (χ2v) is 5.80. The third kappa shape index (κ3) is 3.50. The molecule has 0 aliphatic heterocycles. The van der Waals surface area contributed by atoms with Crippen molar-refractivity contribution in [1.29, 1.82) is 0 Å². The first-order valence-electron chi connectivity index (χ1n) is 5.97. The van der Waals surface area contributed by atoms with E-state index in [0.29, 0.717) is 11.6 Å². The van der Waals surface area contributed by atoms with E-state index in [-0.39, 0.29) is 17.8 Å². The molecule has 3 nitrogen and oxygen atoms in total. The van der Waals surface area contributed by atoms with Gasteiger partial charge >= 0.3 is 0 Å². The predicted octanol–water partition coefficient (Wildman–Crippen LogP) is 3.70. The number of nitrogens with two attached hydrogens (primary N) is 1. The third-order valence-corrected chi connectivity index (χ3v) is 3.05. The van der Waals surface area contributed by atoms with E-state index in [2.05, 4.69) is 31.9 Å². The van der Waals surface area contributed by atoms with E-state index in [1.165, 1.54) is 0 Å². The minimum atomic E-state index is 0. The molecule has 0 saturated heterocycles. The van der Waals surface area contributed by atoms with Crippen LogP contribution in [0.15, 0.2) is 30.3 Å². The molecule has 0 radical (unpaired) electrons. The molecule has 104 valence electrons. The maximum Gasteiger partial charge on any atom is 0.0685 e. The summed E-state index contributed by atoms with van der Waals surface area (Å²) in [6, 6.07) is 9.68. The molecule has 0 unspecified atom stereocenters. The molecule has 0 saturated carbocycles. The standard InChI is InChI=1S/C14H18ClN3.ClH/c1-14(2,3)13-8-12(9-16)18(17-13)11-6-4-5-10(15)7-11;/h4-8H,9,16H2,1-3H3;1H. The minimum Gasteiger partial charge on any atom is -0.325 e. The molecule has 0 bridgehead atoms. The van der Waals surface area contributed by atoms with Crippen LogP contribution >= 0.6 is 24.0 Å². The highest BCUT2D eigenvalue weighted by Gasteiger charge is 2.19. The molecule has 1 aromatic carbocycles. The van der Waals surface area contributed by atoms with Crippen molar-refractivity contribution in [2.45, 2.75) is 32.7 Å². The van der Waals surface area contributed by atoms with Crippen LogP contribution in [0, 0.1) is 0 Å². The zero-order chi connectivity index (χ0) is 13.3. The largest absolute Gasteiger partial charge is 0.325 e. The van der Waals surface area contributed by atoms with Crippen molar-refractivity contribution in [1.82, 2.24) is 9.78 Å². The van der Waals surface area contributed by atoms with Gasteiger partial charge in [-0.15, -0.1) is 12.4 Å². The third-order valence-electron chi connectivity index (χ3n) is 2.81. The summed E-state index contributed by atoms with van der Waals surface area (Å²) in [7, 11) is 0. The lowest BCUT2D eigenvalue weighted by atomic mass is 9.92. The maximum atomic E-state index is 6.01. The average Bonchev–Trinajstić information content (AvgIpc) is 2.72. The van der Waals surface area contributed by atoms with Gasteiger partial charge in [0.1, 0.15) is 0 Å². The molecule has 0 amide bonds. The summed E-state index contributed by atoms with van der Waals surface area (Å²) in [5.74, 6) is 0. The van der Waals surface area contributed by atoms with Gasteiger partial charge in [0.25, 0.3) is 0 Å². The van der Waals surface area contributed by atoms with Gasteiger partial charge in [0.15, 0.2) is 0 Å². The Bertz CT molecular complexity index is 556. The lowest BCUT2D eigenvalue weighted by Crippen LogP contribution is -2.12. The molecule has 19 heavy (non-hydrogen) atoms. The fourth-order valence-corrected chi connectivity index (χ4v) is 1.95. The molecule has 0 atom stereocenters. The van der Waals surface area contributed by atoms with Crippen LogP contribution in [-0.2, 0) is 12.0 Å². The molecular formula is C14H19Cl2N3. The number of halogens is 2. The van der Waals surface area contributed by atoms with Crippen molar-refractivity contribution in [2.75, 3.05) is 0 Å². The minimum absolute atomic E-state index is 0. The van der Waals surface area contributed by atoms with Crippen molar-refractivity contribution in [3.05, 3.63) is 46.7 Å². The van der Waals surface area contributed by atoms with Crippen molar-refractivity contribution in [3.8, 4) is 5.69 Å². The normalized spacial score (nSPS) is 11.2. The van der Waals surface area contributed by atoms with E-state index < -0.39 is 0 Å². The van der Waals surface area contributed by atoms with Gasteiger partial charge in [-0.1, -0.05) is 38.4 Å². The number of hydrogen-bond acceptors (Lipinski definition) is 2. The number of hydrogen-bond donors (Lipinski definition) is 1. The lowest BCUT2D eigenvalue weighted by molar-refractivity contribution is 0.560. The summed E-state index contributed by atoms with van der Waals surface area (Å²) in [4.78, 5) is 0. The van der Waals surface area contributed by atoms with Gasteiger partial charge in [0, 0.05) is 17.0 Å². The monoisotopic (exact) mass is 299 g/mol. The smallest absolute Gasteiger partial charge is 0.0685 e. The summed E-state index contributed by atoms with van der Waals surface area (Å²) in [5, 5.41) is 5.34. The molecule has 0 aliphatic carbocycles. The summed E-state index contributed by atoms with van der Waals surface area (Å²) in [5.41, 5.74) is 8.76. The van der Waals surface area contributed by atoms with Crippen LogP contribution in [0.25, 0.3) is 5.69 Å². The Morgan fingerprint density at radius 3 is 2.47 bits per heavy atom. The molecule has 0 aliphatic rings. The first-order chi connectivity index (χ1) is 8.41. The van der Waals surface area contributed by atoms with Crippen LogP contribution in [0.4, 0.5) is 0 Å². The van der Waals surface area contributed by atoms with Gasteiger partial charge < -0.3 is 5.73 Å². The fraction of sp³-hybridized carbons (Fsp3) is 0.357. The number of aromatic nitrogens is 2. The molecule has 1 heterocycles. The Morgan fingerprint density at radius 1 is 1.26 bits per heavy atom. The van der Waals surface area contributed by atoms with Crippen LogP contribution in [0.5, 0.6) is 0 Å². The molecule has 2 N–H and O–H groups in total. The van der Waals surface area contributed by atoms with Crippen LogP contribution in [0.1, 0.15) is 32.2 Å². The molecular weight excluding hydrogens is 281 g/mol. The Kier molecular flexibility index (Phi) is 5.02. The van der Waals surface area contributed by atoms with Crippen LogP contribution < -0.4 is 5.73 Å². The van der Waals surface area contributed by atoms with Crippen LogP contribution in [0.2, 0.25) is 5.02 Å². The second-order valence-electron chi connectivity index (χ2n) is 5.37. The first-order valence-corrected chi connectivity index (χ1v) is 6.35. The SMILES string of the molecule is CC(C)(C)c1cc(CN)n(-c2cccc(Cl)c2)n1.Cl. The van der Waals surface area contributed by atoms with Gasteiger partial charge in [0.2, 0.25) is 0 Å². The lowest BCUT2D eigenvalue weighted by Gasteiger charge is -2.14. The van der Waals surface area contributed by atoms with E-state index in [1.54, 1.807) is 0 Å². The highest BCUT2D eigenvalue weighted by Crippen LogP contribution is 2.24. The average molecular weight is 300 g/mol. The highest BCUT2D eigenvalue weighted by atomic mass is 35.5. The summed E-state index contributed by atoms with van der Waals surface area (Å²) < 4.78 is 1.87. The fourth-order valence-electron chi connectivity index (χ4n) is 1.76. The van der Waals surface area contributed by atoms with E-state index in [0.717, 1.165) is 17.1 Å². The molecule has 0 fully saturated rings. The zero-order valence-electron chi connectivity index (χ0n) is 11.4. The predicted molar refractivity (Wildman–Crippen MR) is 82.4 cm³/mol. The summed E-state index contributed by atoms with van der Waals surface area (Å²) in [6.07, 6.45) is 0. The van der Waals surface area contributed by atoms with Crippen molar-refractivity contribution >= 4 is 24.0 Å². The quantitative estimate of drug-likeness (QED) is 0.919. The van der Waals surface area contributed by atoms with Crippen LogP contribution in [0.3, 0.4) is 0 Å². The Hall–Kier alpha value is -1.03. The molecule has 2 rings (SSSR count). The van der Waals surface area contributed by atoms with Gasteiger partial charge in [-0.2, -0.15) is 5.10 Å². The van der Waals surface area contributed by atoms with E-state index in [1.807, 2.05) is 28.9 Å². The van der Waals surface area contributed by atoms with E-state index in [4.69, 9.17) is 17.3 Å². The van der Waals surface area contributed by atoms with Crippen molar-refractivity contribution in [3.63, 3.8) is 0 Å². The summed E-state index contributed by atoms with van der Waals surface area (Å²) >= 11 is 6.01. The first kappa shape index (κ1) is 16.0. The van der Waals surface area contributed by atoms with E-state index >= 15 is 0 Å². The second kappa shape index (κ2) is 5.95. The maximum absolute atomic E-state index is 6.01. The molecule has 1 aromatic heterocycles. The van der Waals surface area contributed by atoms with Gasteiger partial charge in [0.05, 0.1) is 17.1 Å². The van der Waals surface area contributed by atoms with Gasteiger partial charge in [-0.05, 0) is 24.3 Å². The van der Waals surface area contributed by atoms with Crippen molar-refractivity contribution < 1.29 is 0 Å². The Balaban J connectivity index is 0.00000180. The number of nitrogens with zero attached hydrogens (tertiary/aromatic N) is 2. The zero-order valence-corrected chi connectivity index (χ0v) is 12.9. The van der Waals surface area contributed by atoms with Gasteiger partial charge in [-0.3, -0.25) is 0 Å². The van der Waals surface area contributed by atoms with Crippen LogP contribution in [-0.4, -0.2) is 9.78 Å².